The van der Waals surface area contributed by atoms with Gasteiger partial charge in [0.05, 0.1) is 6.04 Å². The third-order valence-corrected chi connectivity index (χ3v) is 6.97. The van der Waals surface area contributed by atoms with E-state index >= 15 is 0 Å². The lowest BCUT2D eigenvalue weighted by atomic mass is 9.86. The summed E-state index contributed by atoms with van der Waals surface area (Å²) in [4.78, 5) is 1.80. The number of fused-ring (bicyclic) bond motifs is 1. The van der Waals surface area contributed by atoms with Crippen molar-refractivity contribution in [3.8, 4) is 23.0 Å². The first-order chi connectivity index (χ1) is 17.4. The molecule has 0 aromatic heterocycles. The molecule has 0 saturated carbocycles. The Balaban J connectivity index is 1.37. The van der Waals surface area contributed by atoms with Crippen LogP contribution in [0.1, 0.15) is 42.6 Å². The first-order valence-electron chi connectivity index (χ1n) is 12.2. The smallest absolute Gasteiger partial charge is 0.253 e. The number of likely N-dealkylation sites (tertiary alicyclic amines) is 1. The number of rotatable bonds is 7. The summed E-state index contributed by atoms with van der Waals surface area (Å²) in [5, 5.41) is 20.1. The highest BCUT2D eigenvalue weighted by atomic mass is 19.3. The third-order valence-electron chi connectivity index (χ3n) is 6.97. The molecule has 0 radical (unpaired) electrons. The van der Waals surface area contributed by atoms with Crippen molar-refractivity contribution in [3.63, 3.8) is 0 Å². The topological polar surface area (TPSA) is 62.2 Å². The molecular formula is C29H29F2NO4. The number of hydrogen-bond acceptors (Lipinski definition) is 5. The Morgan fingerprint density at radius 1 is 1.03 bits per heavy atom. The molecule has 5 nitrogen and oxygen atoms in total. The van der Waals surface area contributed by atoms with Gasteiger partial charge in [0.15, 0.2) is 0 Å². The van der Waals surface area contributed by atoms with Crippen LogP contribution in [0.5, 0.6) is 23.0 Å². The first-order valence-corrected chi connectivity index (χ1v) is 12.2. The second-order valence-electron chi connectivity index (χ2n) is 9.26. The summed E-state index contributed by atoms with van der Waals surface area (Å²) in [6.45, 7) is 3.47. The van der Waals surface area contributed by atoms with Gasteiger partial charge in [0.1, 0.15) is 35.7 Å². The number of aromatic hydroxyl groups is 2. The molecule has 5 rings (SSSR count). The second-order valence-corrected chi connectivity index (χ2v) is 9.26. The summed E-state index contributed by atoms with van der Waals surface area (Å²) in [6, 6.07) is 19.0. The van der Waals surface area contributed by atoms with E-state index in [1.807, 2.05) is 37.3 Å². The van der Waals surface area contributed by atoms with Crippen LogP contribution in [0.4, 0.5) is 8.78 Å². The van der Waals surface area contributed by atoms with E-state index in [0.29, 0.717) is 37.6 Å². The number of phenolic OH excluding ortho intramolecular Hbond substituents is 2. The van der Waals surface area contributed by atoms with E-state index in [9.17, 15) is 19.0 Å². The summed E-state index contributed by atoms with van der Waals surface area (Å²) in [6.07, 6.45) is -1.43. The summed E-state index contributed by atoms with van der Waals surface area (Å²) in [5.74, 6) is 1.64. The Labute approximate surface area is 209 Å². The van der Waals surface area contributed by atoms with Gasteiger partial charge in [-0.25, -0.2) is 8.78 Å². The normalized spacial score (nSPS) is 19.9. The Kier molecular flexibility index (Phi) is 6.83. The predicted octanol–water partition coefficient (Wildman–Crippen LogP) is 6.27. The Morgan fingerprint density at radius 2 is 1.81 bits per heavy atom. The molecule has 7 heteroatoms. The average molecular weight is 494 g/mol. The molecule has 0 bridgehead atoms. The van der Waals surface area contributed by atoms with Crippen molar-refractivity contribution < 1.29 is 28.5 Å². The van der Waals surface area contributed by atoms with Crippen LogP contribution >= 0.6 is 0 Å². The van der Waals surface area contributed by atoms with Gasteiger partial charge in [0.25, 0.3) is 6.43 Å². The molecule has 3 aromatic carbocycles. The lowest BCUT2D eigenvalue weighted by molar-refractivity contribution is 0.0419. The maximum Gasteiger partial charge on any atom is 0.253 e. The van der Waals surface area contributed by atoms with Crippen molar-refractivity contribution in [2.75, 3.05) is 19.7 Å². The average Bonchev–Trinajstić information content (AvgIpc) is 3.34. The lowest BCUT2D eigenvalue weighted by Crippen LogP contribution is -2.37. The largest absolute Gasteiger partial charge is 0.508 e. The number of nitrogens with zero attached hydrogens (tertiary/aromatic N) is 1. The van der Waals surface area contributed by atoms with Crippen LogP contribution in [-0.4, -0.2) is 47.3 Å². The number of alkyl halides is 2. The van der Waals surface area contributed by atoms with Gasteiger partial charge in [-0.3, -0.25) is 4.90 Å². The van der Waals surface area contributed by atoms with E-state index in [2.05, 4.69) is 0 Å². The Bertz CT molecular complexity index is 1260. The Morgan fingerprint density at radius 3 is 2.56 bits per heavy atom. The van der Waals surface area contributed by atoms with E-state index < -0.39 is 18.6 Å². The molecule has 2 aliphatic heterocycles. The molecule has 2 atom stereocenters. The maximum absolute atomic E-state index is 13.2. The van der Waals surface area contributed by atoms with Crippen LogP contribution < -0.4 is 9.47 Å². The highest BCUT2D eigenvalue weighted by molar-refractivity contribution is 5.95. The van der Waals surface area contributed by atoms with Crippen molar-refractivity contribution in [1.29, 1.82) is 0 Å². The highest BCUT2D eigenvalue weighted by Gasteiger charge is 2.32. The molecule has 1 fully saturated rings. The molecule has 2 aliphatic rings. The molecule has 2 heterocycles. The zero-order valence-corrected chi connectivity index (χ0v) is 20.0. The number of allylic oxidation sites excluding steroid dienone is 1. The van der Waals surface area contributed by atoms with Gasteiger partial charge in [-0.1, -0.05) is 24.3 Å². The molecule has 188 valence electrons. The molecular weight excluding hydrogens is 464 g/mol. The fourth-order valence-electron chi connectivity index (χ4n) is 5.15. The highest BCUT2D eigenvalue weighted by Crippen LogP contribution is 2.47. The Hall–Kier alpha value is -3.58. The first kappa shape index (κ1) is 24.1. The van der Waals surface area contributed by atoms with Gasteiger partial charge in [0.2, 0.25) is 0 Å². The third kappa shape index (κ3) is 4.88. The molecule has 2 unspecified atom stereocenters. The summed E-state index contributed by atoms with van der Waals surface area (Å²) in [7, 11) is 0. The van der Waals surface area contributed by atoms with Crippen LogP contribution in [0.2, 0.25) is 0 Å². The number of phenols is 2. The number of halogens is 2. The fraction of sp³-hybridized carbons (Fsp3) is 0.310. The molecule has 1 saturated heterocycles. The minimum Gasteiger partial charge on any atom is -0.508 e. The zero-order chi connectivity index (χ0) is 25.2. The molecule has 2 N–H and O–H groups in total. The number of ether oxygens (including phenoxy) is 2. The van der Waals surface area contributed by atoms with Crippen LogP contribution in [-0.2, 0) is 0 Å². The number of benzene rings is 3. The van der Waals surface area contributed by atoms with Crippen LogP contribution in [0.3, 0.4) is 0 Å². The van der Waals surface area contributed by atoms with E-state index in [-0.39, 0.29) is 11.5 Å². The second kappa shape index (κ2) is 10.2. The van der Waals surface area contributed by atoms with Crippen LogP contribution in [0.25, 0.3) is 11.1 Å². The van der Waals surface area contributed by atoms with Crippen molar-refractivity contribution in [2.45, 2.75) is 38.3 Å². The van der Waals surface area contributed by atoms with Crippen LogP contribution in [0.15, 0.2) is 66.7 Å². The minimum atomic E-state index is -2.33. The molecule has 0 aliphatic carbocycles. The molecule has 0 amide bonds. The van der Waals surface area contributed by atoms with Crippen molar-refractivity contribution >= 4 is 11.1 Å². The lowest BCUT2D eigenvalue weighted by Gasteiger charge is -2.31. The van der Waals surface area contributed by atoms with Gasteiger partial charge < -0.3 is 19.7 Å². The number of hydrogen-bond donors (Lipinski definition) is 2. The van der Waals surface area contributed by atoms with Gasteiger partial charge in [0, 0.05) is 17.7 Å². The maximum atomic E-state index is 13.2. The van der Waals surface area contributed by atoms with Gasteiger partial charge in [-0.05, 0) is 85.5 Å². The van der Waals surface area contributed by atoms with Crippen LogP contribution in [0, 0.1) is 0 Å². The molecule has 3 aromatic rings. The summed E-state index contributed by atoms with van der Waals surface area (Å²) >= 11 is 0. The standard InChI is InChI=1S/C29H29F2NO4/c1-18-24-17-22(34)9-12-26(24)36-28(27(18)20-4-2-5-21(33)16-20)19-7-10-23(11-8-19)35-15-14-32-13-3-6-25(32)29(30)31/h2,4-5,7-12,16-17,25,28-29,33-34H,3,6,13-15H2,1H3. The molecule has 0 spiro atoms. The van der Waals surface area contributed by atoms with Gasteiger partial charge in [-0.15, -0.1) is 0 Å². The van der Waals surface area contributed by atoms with Crippen molar-refractivity contribution in [3.05, 3.63) is 83.4 Å². The fourth-order valence-corrected chi connectivity index (χ4v) is 5.15. The SMILES string of the molecule is CC1=C(c2cccc(O)c2)C(c2ccc(OCCN3CCCC3C(F)F)cc2)Oc2ccc(O)cc21. The zero-order valence-electron chi connectivity index (χ0n) is 20.0. The summed E-state index contributed by atoms with van der Waals surface area (Å²) < 4.78 is 38.6. The summed E-state index contributed by atoms with van der Waals surface area (Å²) in [5.41, 5.74) is 4.36. The monoisotopic (exact) mass is 493 g/mol. The van der Waals surface area contributed by atoms with Crippen molar-refractivity contribution in [2.24, 2.45) is 0 Å². The van der Waals surface area contributed by atoms with E-state index in [1.165, 1.54) is 0 Å². The quantitative estimate of drug-likeness (QED) is 0.406. The van der Waals surface area contributed by atoms with Gasteiger partial charge in [-0.2, -0.15) is 0 Å². The van der Waals surface area contributed by atoms with E-state index in [4.69, 9.17) is 9.47 Å². The molecule has 36 heavy (non-hydrogen) atoms. The minimum absolute atomic E-state index is 0.153. The van der Waals surface area contributed by atoms with E-state index in [0.717, 1.165) is 34.3 Å². The predicted molar refractivity (Wildman–Crippen MR) is 135 cm³/mol. The van der Waals surface area contributed by atoms with Gasteiger partial charge >= 0.3 is 0 Å². The van der Waals surface area contributed by atoms with E-state index in [1.54, 1.807) is 41.3 Å². The van der Waals surface area contributed by atoms with Crippen molar-refractivity contribution in [1.82, 2.24) is 4.90 Å².